The summed E-state index contributed by atoms with van der Waals surface area (Å²) in [4.78, 5) is 12.9. The molecule has 6 heteroatoms. The number of para-hydroxylation sites is 1. The van der Waals surface area contributed by atoms with E-state index in [1.54, 1.807) is 0 Å². The molecule has 1 saturated heterocycles. The van der Waals surface area contributed by atoms with Gasteiger partial charge in [-0.05, 0) is 55.2 Å². The van der Waals surface area contributed by atoms with Crippen LogP contribution in [0.25, 0.3) is 5.70 Å². The molecule has 0 saturated carbocycles. The van der Waals surface area contributed by atoms with Gasteiger partial charge in [-0.15, -0.1) is 0 Å². The predicted octanol–water partition coefficient (Wildman–Crippen LogP) is 3.26. The lowest BCUT2D eigenvalue weighted by Crippen LogP contribution is -2.59. The zero-order valence-electron chi connectivity index (χ0n) is 18.2. The summed E-state index contributed by atoms with van der Waals surface area (Å²) in [5.41, 5.74) is 7.25. The van der Waals surface area contributed by atoms with E-state index in [1.165, 1.54) is 18.4 Å². The lowest BCUT2D eigenvalue weighted by molar-refractivity contribution is -0.124. The summed E-state index contributed by atoms with van der Waals surface area (Å²) in [6, 6.07) is 18.5. The molecule has 2 aromatic rings. The fourth-order valence-corrected chi connectivity index (χ4v) is 4.03. The molecule has 0 aromatic heterocycles. The van der Waals surface area contributed by atoms with Gasteiger partial charge in [-0.1, -0.05) is 56.3 Å². The van der Waals surface area contributed by atoms with Crippen LogP contribution in [0.2, 0.25) is 0 Å². The number of hydrogen-bond acceptors (Lipinski definition) is 5. The summed E-state index contributed by atoms with van der Waals surface area (Å²) in [6.07, 6.45) is 5.50. The van der Waals surface area contributed by atoms with E-state index in [-0.39, 0.29) is 11.9 Å². The molecule has 2 aromatic carbocycles. The summed E-state index contributed by atoms with van der Waals surface area (Å²) in [5.74, 6) is 0.596. The third-order valence-corrected chi connectivity index (χ3v) is 5.63. The van der Waals surface area contributed by atoms with Crippen LogP contribution in [0.3, 0.4) is 0 Å². The van der Waals surface area contributed by atoms with Gasteiger partial charge in [-0.2, -0.15) is 0 Å². The van der Waals surface area contributed by atoms with Crippen molar-refractivity contribution in [3.05, 3.63) is 84.2 Å². The maximum absolute atomic E-state index is 12.9. The van der Waals surface area contributed by atoms with Crippen molar-refractivity contribution in [2.24, 2.45) is 0 Å². The van der Waals surface area contributed by atoms with E-state index in [0.29, 0.717) is 12.4 Å². The first-order valence-electron chi connectivity index (χ1n) is 10.9. The fourth-order valence-electron chi connectivity index (χ4n) is 4.03. The Morgan fingerprint density at radius 2 is 2.03 bits per heavy atom. The number of carbonyl (C=O) groups excluding carboxylic acids is 1. The molecular formula is C25H31N5O. The third-order valence-electron chi connectivity index (χ3n) is 5.63. The fraction of sp³-hybridized carbons (Fsp3) is 0.320. The van der Waals surface area contributed by atoms with Gasteiger partial charge in [0.25, 0.3) is 0 Å². The molecule has 31 heavy (non-hydrogen) atoms. The number of nitrogens with zero attached hydrogens (tertiary/aromatic N) is 1. The Balaban J connectivity index is 1.63. The van der Waals surface area contributed by atoms with Crippen molar-refractivity contribution < 1.29 is 4.79 Å². The van der Waals surface area contributed by atoms with Crippen LogP contribution in [0.15, 0.2) is 73.1 Å². The highest BCUT2D eigenvalue weighted by atomic mass is 16.2. The molecule has 1 amide bonds. The number of hydrazine groups is 1. The van der Waals surface area contributed by atoms with E-state index in [2.05, 4.69) is 82.4 Å². The topological polar surface area (TPSA) is 68.4 Å². The molecule has 0 bridgehead atoms. The molecule has 162 valence electrons. The Morgan fingerprint density at radius 1 is 1.23 bits per heavy atom. The van der Waals surface area contributed by atoms with E-state index in [0.717, 1.165) is 23.4 Å². The van der Waals surface area contributed by atoms with Gasteiger partial charge in [-0.25, -0.2) is 5.43 Å². The second-order valence-electron chi connectivity index (χ2n) is 8.36. The minimum absolute atomic E-state index is 0.0802. The van der Waals surface area contributed by atoms with Crippen molar-refractivity contribution in [2.75, 3.05) is 11.6 Å². The molecule has 0 aliphatic carbocycles. The van der Waals surface area contributed by atoms with E-state index in [4.69, 9.17) is 0 Å². The van der Waals surface area contributed by atoms with Crippen LogP contribution in [-0.2, 0) is 11.2 Å². The number of rotatable bonds is 7. The van der Waals surface area contributed by atoms with Crippen LogP contribution in [0.5, 0.6) is 0 Å². The van der Waals surface area contributed by atoms with E-state index in [9.17, 15) is 4.79 Å². The maximum atomic E-state index is 12.9. The Labute approximate surface area is 184 Å². The van der Waals surface area contributed by atoms with Crippen molar-refractivity contribution in [3.8, 4) is 0 Å². The smallest absolute Gasteiger partial charge is 0.246 e. The monoisotopic (exact) mass is 417 g/mol. The molecule has 2 heterocycles. The number of benzene rings is 2. The van der Waals surface area contributed by atoms with Crippen molar-refractivity contribution in [1.82, 2.24) is 21.4 Å². The van der Waals surface area contributed by atoms with E-state index < -0.39 is 5.66 Å². The highest BCUT2D eigenvalue weighted by Gasteiger charge is 2.37. The Bertz CT molecular complexity index is 986. The molecule has 1 unspecified atom stereocenters. The molecule has 1 fully saturated rings. The van der Waals surface area contributed by atoms with Crippen LogP contribution in [-0.4, -0.2) is 24.2 Å². The lowest BCUT2D eigenvalue weighted by Gasteiger charge is -2.30. The molecule has 0 radical (unpaired) electrons. The van der Waals surface area contributed by atoms with Crippen LogP contribution in [0.4, 0.5) is 5.69 Å². The van der Waals surface area contributed by atoms with Crippen molar-refractivity contribution in [1.29, 1.82) is 0 Å². The number of anilines is 1. The summed E-state index contributed by atoms with van der Waals surface area (Å²) in [5, 5.41) is 11.4. The standard InChI is InChI=1S/C25H31N5O/c1-4-5-10-19-11-9-12-20(15-19)23-16-25(3,28-24(31)22-17-26-18(2)27-22)29-30(23)21-13-7-6-8-14-21/h6-9,11-16,22,26-27,29H,2,4-5,10,17H2,1,3H3,(H,28,31)/t22-,25?/m1/s1. The quantitative estimate of drug-likeness (QED) is 0.557. The highest BCUT2D eigenvalue weighted by molar-refractivity contribution is 5.87. The number of aryl methyl sites for hydroxylation is 1. The van der Waals surface area contributed by atoms with Crippen LogP contribution < -0.4 is 26.4 Å². The van der Waals surface area contributed by atoms with Gasteiger partial charge in [0.15, 0.2) is 0 Å². The van der Waals surface area contributed by atoms with E-state index >= 15 is 0 Å². The first-order chi connectivity index (χ1) is 15.0. The van der Waals surface area contributed by atoms with Crippen LogP contribution in [0.1, 0.15) is 37.8 Å². The zero-order valence-corrected chi connectivity index (χ0v) is 18.2. The molecule has 2 aliphatic heterocycles. The molecular weight excluding hydrogens is 386 g/mol. The summed E-state index contributed by atoms with van der Waals surface area (Å²) in [7, 11) is 0. The Kier molecular flexibility index (Phi) is 6.00. The summed E-state index contributed by atoms with van der Waals surface area (Å²) >= 11 is 0. The average molecular weight is 418 g/mol. The lowest BCUT2D eigenvalue weighted by atomic mass is 10.0. The van der Waals surface area contributed by atoms with Crippen LogP contribution in [0, 0.1) is 0 Å². The highest BCUT2D eigenvalue weighted by Crippen LogP contribution is 2.32. The number of nitrogens with one attached hydrogen (secondary N) is 4. The van der Waals surface area contributed by atoms with Gasteiger partial charge < -0.3 is 16.0 Å². The van der Waals surface area contributed by atoms with Gasteiger partial charge in [0.1, 0.15) is 11.7 Å². The minimum Gasteiger partial charge on any atom is -0.370 e. The second kappa shape index (κ2) is 8.86. The number of carbonyl (C=O) groups is 1. The van der Waals surface area contributed by atoms with Gasteiger partial charge in [-0.3, -0.25) is 9.80 Å². The van der Waals surface area contributed by atoms with Crippen LogP contribution >= 0.6 is 0 Å². The van der Waals surface area contributed by atoms with Gasteiger partial charge in [0, 0.05) is 6.54 Å². The number of unbranched alkanes of at least 4 members (excludes halogenated alkanes) is 1. The molecule has 4 rings (SSSR count). The summed E-state index contributed by atoms with van der Waals surface area (Å²) < 4.78 is 0. The van der Waals surface area contributed by atoms with Gasteiger partial charge in [0.05, 0.1) is 17.2 Å². The number of hydrogen-bond donors (Lipinski definition) is 4. The molecule has 2 atom stereocenters. The Hall–Kier alpha value is -3.25. The molecule has 2 aliphatic rings. The largest absolute Gasteiger partial charge is 0.370 e. The van der Waals surface area contributed by atoms with Gasteiger partial charge >= 0.3 is 0 Å². The second-order valence-corrected chi connectivity index (χ2v) is 8.36. The average Bonchev–Trinajstić information content (AvgIpc) is 3.36. The first-order valence-corrected chi connectivity index (χ1v) is 10.9. The molecule has 6 nitrogen and oxygen atoms in total. The van der Waals surface area contributed by atoms with Crippen molar-refractivity contribution >= 4 is 17.3 Å². The third kappa shape index (κ3) is 4.75. The Morgan fingerprint density at radius 3 is 2.74 bits per heavy atom. The predicted molar refractivity (Wildman–Crippen MR) is 126 cm³/mol. The summed E-state index contributed by atoms with van der Waals surface area (Å²) in [6.45, 7) is 8.55. The maximum Gasteiger partial charge on any atom is 0.246 e. The molecule has 0 spiro atoms. The van der Waals surface area contributed by atoms with Crippen molar-refractivity contribution in [2.45, 2.75) is 44.8 Å². The van der Waals surface area contributed by atoms with E-state index in [1.807, 2.05) is 25.1 Å². The normalized spacial score (nSPS) is 22.6. The minimum atomic E-state index is -0.729. The first kappa shape index (κ1) is 21.0. The van der Waals surface area contributed by atoms with Gasteiger partial charge in [0.2, 0.25) is 5.91 Å². The number of amides is 1. The zero-order chi connectivity index (χ0) is 21.8. The van der Waals surface area contributed by atoms with Crippen molar-refractivity contribution in [3.63, 3.8) is 0 Å². The molecule has 4 N–H and O–H groups in total. The SMILES string of the molecule is C=C1NC[C@H](C(=O)NC2(C)C=C(c3cccc(CCCC)c3)N(c3ccccc3)N2)N1.